The first-order chi connectivity index (χ1) is 6.00. The minimum atomic E-state index is -0.733. The summed E-state index contributed by atoms with van der Waals surface area (Å²) in [5, 5.41) is -0.192. The fourth-order valence-electron chi connectivity index (χ4n) is 0.905. The lowest BCUT2D eigenvalue weighted by Gasteiger charge is -2.13. The van der Waals surface area contributed by atoms with E-state index in [-0.39, 0.29) is 10.7 Å². The summed E-state index contributed by atoms with van der Waals surface area (Å²) >= 11 is 5.56. The van der Waals surface area contributed by atoms with Gasteiger partial charge in [0.1, 0.15) is 5.94 Å². The third-order valence-corrected chi connectivity index (χ3v) is 2.14. The molecule has 68 valence electrons. The molecule has 5 nitrogen and oxygen atoms in total. The first kappa shape index (κ1) is 9.64. The van der Waals surface area contributed by atoms with E-state index in [0.29, 0.717) is 0 Å². The van der Waals surface area contributed by atoms with E-state index in [9.17, 15) is 14.4 Å². The van der Waals surface area contributed by atoms with Crippen LogP contribution in [-0.4, -0.2) is 46.6 Å². The SMILES string of the molecule is CN1C(=O)C(=C=O)C(Cl)=[N+](C)C1=O. The quantitative estimate of drug-likeness (QED) is 0.305. The Bertz CT molecular complexity index is 379. The van der Waals surface area contributed by atoms with Gasteiger partial charge in [0, 0.05) is 0 Å². The standard InChI is InChI=1S/C7H6ClN2O3/c1-9-5(8)4(3-11)6(12)10(2)7(9)13/h1-2H3/q+1. The van der Waals surface area contributed by atoms with Gasteiger partial charge < -0.3 is 0 Å². The second-order valence-corrected chi connectivity index (χ2v) is 2.83. The van der Waals surface area contributed by atoms with E-state index < -0.39 is 11.9 Å². The summed E-state index contributed by atoms with van der Waals surface area (Å²) in [7, 11) is 2.63. The fourth-order valence-corrected chi connectivity index (χ4v) is 1.10. The van der Waals surface area contributed by atoms with Crippen LogP contribution in [0.1, 0.15) is 0 Å². The Hall–Kier alpha value is -1.45. The molecule has 0 radical (unpaired) electrons. The number of carbonyl (C=O) groups excluding carboxylic acids is 3. The molecule has 0 bridgehead atoms. The van der Waals surface area contributed by atoms with Crippen molar-refractivity contribution in [1.29, 1.82) is 0 Å². The van der Waals surface area contributed by atoms with Gasteiger partial charge in [-0.2, -0.15) is 14.3 Å². The molecule has 0 fully saturated rings. The molecule has 0 aromatic rings. The van der Waals surface area contributed by atoms with Gasteiger partial charge in [-0.25, -0.2) is 9.59 Å². The molecule has 0 aliphatic carbocycles. The first-order valence-electron chi connectivity index (χ1n) is 3.34. The number of nitrogens with zero attached hydrogens (tertiary/aromatic N) is 2. The first-order valence-corrected chi connectivity index (χ1v) is 3.72. The van der Waals surface area contributed by atoms with Crippen LogP contribution in [0, 0.1) is 0 Å². The van der Waals surface area contributed by atoms with E-state index >= 15 is 0 Å². The second kappa shape index (κ2) is 3.12. The molecule has 0 spiro atoms. The summed E-state index contributed by atoms with van der Waals surface area (Å²) in [5.74, 6) is 0.664. The molecule has 0 saturated carbocycles. The third kappa shape index (κ3) is 1.28. The molecule has 1 heterocycles. The van der Waals surface area contributed by atoms with Crippen LogP contribution in [0.15, 0.2) is 5.57 Å². The Balaban J connectivity index is 3.42. The Morgan fingerprint density at radius 2 is 2.00 bits per heavy atom. The molecule has 0 unspecified atom stereocenters. The van der Waals surface area contributed by atoms with Gasteiger partial charge in [-0.05, 0) is 11.6 Å². The molecule has 1 aliphatic rings. The molecule has 0 atom stereocenters. The van der Waals surface area contributed by atoms with Crippen molar-refractivity contribution in [2.45, 2.75) is 0 Å². The van der Waals surface area contributed by atoms with E-state index in [0.717, 1.165) is 9.48 Å². The maximum atomic E-state index is 11.2. The van der Waals surface area contributed by atoms with Gasteiger partial charge in [-0.15, -0.1) is 0 Å². The Morgan fingerprint density at radius 3 is 2.46 bits per heavy atom. The number of rotatable bonds is 0. The summed E-state index contributed by atoms with van der Waals surface area (Å²) in [6, 6.07) is -0.575. The molecule has 0 saturated heterocycles. The van der Waals surface area contributed by atoms with Crippen molar-refractivity contribution in [3.05, 3.63) is 5.57 Å². The minimum Gasteiger partial charge on any atom is -0.240 e. The number of carbonyl (C=O) groups is 2. The maximum Gasteiger partial charge on any atom is 0.501 e. The van der Waals surface area contributed by atoms with Crippen LogP contribution in [0.25, 0.3) is 0 Å². The molecular formula is C7H6ClN2O3+. The largest absolute Gasteiger partial charge is 0.501 e. The van der Waals surface area contributed by atoms with Gasteiger partial charge in [-0.1, -0.05) is 0 Å². The van der Waals surface area contributed by atoms with E-state index in [1.165, 1.54) is 20.0 Å². The number of hydrogen-bond donors (Lipinski definition) is 0. The van der Waals surface area contributed by atoms with Gasteiger partial charge in [-0.3, -0.25) is 0 Å². The molecule has 6 heteroatoms. The van der Waals surface area contributed by atoms with E-state index in [2.05, 4.69) is 0 Å². The van der Waals surface area contributed by atoms with Crippen molar-refractivity contribution in [3.63, 3.8) is 0 Å². The summed E-state index contributed by atoms with van der Waals surface area (Å²) in [5.41, 5.74) is -0.328. The Labute approximate surface area is 78.9 Å². The van der Waals surface area contributed by atoms with Crippen molar-refractivity contribution >= 4 is 34.7 Å². The average Bonchev–Trinajstić information content (AvgIpc) is 2.13. The van der Waals surface area contributed by atoms with Crippen molar-refractivity contribution in [3.8, 4) is 0 Å². The molecule has 1 aliphatic heterocycles. The number of hydrogen-bond acceptors (Lipinski definition) is 3. The van der Waals surface area contributed by atoms with Gasteiger partial charge in [0.15, 0.2) is 0 Å². The smallest absolute Gasteiger partial charge is 0.240 e. The van der Waals surface area contributed by atoms with Crippen molar-refractivity contribution in [2.75, 3.05) is 14.1 Å². The molecule has 13 heavy (non-hydrogen) atoms. The van der Waals surface area contributed by atoms with E-state index in [1.807, 2.05) is 0 Å². The number of urea groups is 1. The second-order valence-electron chi connectivity index (χ2n) is 2.47. The molecule has 0 N–H and O–H groups in total. The van der Waals surface area contributed by atoms with Gasteiger partial charge >= 0.3 is 11.9 Å². The molecular weight excluding hydrogens is 196 g/mol. The third-order valence-electron chi connectivity index (χ3n) is 1.70. The van der Waals surface area contributed by atoms with Crippen LogP contribution in [0.5, 0.6) is 0 Å². The average molecular weight is 202 g/mol. The zero-order chi connectivity index (χ0) is 10.2. The van der Waals surface area contributed by atoms with Crippen LogP contribution >= 0.6 is 11.6 Å². The lowest BCUT2D eigenvalue weighted by atomic mass is 10.2. The highest BCUT2D eigenvalue weighted by molar-refractivity contribution is 6.72. The molecule has 1 rings (SSSR count). The monoisotopic (exact) mass is 201 g/mol. The van der Waals surface area contributed by atoms with Crippen molar-refractivity contribution in [2.24, 2.45) is 0 Å². The van der Waals surface area contributed by atoms with Crippen molar-refractivity contribution in [1.82, 2.24) is 4.90 Å². The number of halogens is 1. The minimum absolute atomic E-state index is 0.192. The summed E-state index contributed by atoms with van der Waals surface area (Å²) in [6.45, 7) is 0. The molecule has 0 aromatic heterocycles. The normalized spacial score (nSPS) is 18.1. The van der Waals surface area contributed by atoms with E-state index in [4.69, 9.17) is 11.6 Å². The van der Waals surface area contributed by atoms with Crippen LogP contribution < -0.4 is 0 Å². The van der Waals surface area contributed by atoms with E-state index in [1.54, 1.807) is 0 Å². The highest BCUT2D eigenvalue weighted by Gasteiger charge is 2.41. The topological polar surface area (TPSA) is 57.5 Å². The zero-order valence-corrected chi connectivity index (χ0v) is 7.75. The lowest BCUT2D eigenvalue weighted by molar-refractivity contribution is -0.399. The number of imide groups is 1. The Kier molecular flexibility index (Phi) is 2.32. The summed E-state index contributed by atoms with van der Waals surface area (Å²) in [4.78, 5) is 33.5. The van der Waals surface area contributed by atoms with Crippen LogP contribution in [0.3, 0.4) is 0 Å². The number of amides is 3. The van der Waals surface area contributed by atoms with Gasteiger partial charge in [0.25, 0.3) is 0 Å². The summed E-state index contributed by atoms with van der Waals surface area (Å²) in [6.07, 6.45) is 0. The van der Waals surface area contributed by atoms with Crippen LogP contribution in [-0.2, 0) is 9.59 Å². The van der Waals surface area contributed by atoms with Crippen LogP contribution in [0.4, 0.5) is 4.79 Å². The predicted molar refractivity (Wildman–Crippen MR) is 44.4 cm³/mol. The van der Waals surface area contributed by atoms with Crippen molar-refractivity contribution < 1.29 is 19.0 Å². The maximum absolute atomic E-state index is 11.2. The van der Waals surface area contributed by atoms with Gasteiger partial charge in [0.2, 0.25) is 10.7 Å². The zero-order valence-electron chi connectivity index (χ0n) is 7.00. The highest BCUT2D eigenvalue weighted by atomic mass is 35.5. The fraction of sp³-hybridized carbons (Fsp3) is 0.286. The highest BCUT2D eigenvalue weighted by Crippen LogP contribution is 2.10. The van der Waals surface area contributed by atoms with Crippen LogP contribution in [0.2, 0.25) is 0 Å². The van der Waals surface area contributed by atoms with Gasteiger partial charge in [0.05, 0.1) is 14.1 Å². The number of likely N-dealkylation sites (N-methyl/N-ethyl adjacent to an activating group) is 1. The molecule has 3 amide bonds. The molecule has 0 aromatic carbocycles. The predicted octanol–water partition coefficient (Wildman–Crippen LogP) is -0.384. The summed E-state index contributed by atoms with van der Waals surface area (Å²) < 4.78 is 1.00. The Morgan fingerprint density at radius 1 is 1.46 bits per heavy atom. The lowest BCUT2D eigenvalue weighted by Crippen LogP contribution is -2.46.